The van der Waals surface area contributed by atoms with E-state index >= 15 is 0 Å². The number of piperidine rings is 1. The van der Waals surface area contributed by atoms with Crippen molar-refractivity contribution in [2.75, 3.05) is 19.7 Å². The molecule has 3 fully saturated rings. The number of benzene rings is 1. The van der Waals surface area contributed by atoms with E-state index in [1.807, 2.05) is 0 Å². The predicted molar refractivity (Wildman–Crippen MR) is 89.2 cm³/mol. The Bertz CT molecular complexity index is 590. The van der Waals surface area contributed by atoms with Crippen LogP contribution in [0.25, 0.3) is 0 Å². The molecule has 2 aliphatic heterocycles. The van der Waals surface area contributed by atoms with Crippen LogP contribution in [-0.4, -0.2) is 42.3 Å². The van der Waals surface area contributed by atoms with Gasteiger partial charge in [0.15, 0.2) is 0 Å². The SMILES string of the molecule is FC(F)(F)c1ccc(CN2CCC3(CC2)CC(NC2CC2)CO3)cc1. The maximum Gasteiger partial charge on any atom is 0.416 e. The highest BCUT2D eigenvalue weighted by molar-refractivity contribution is 5.24. The van der Waals surface area contributed by atoms with Crippen molar-refractivity contribution in [2.24, 2.45) is 0 Å². The van der Waals surface area contributed by atoms with Gasteiger partial charge in [-0.2, -0.15) is 13.2 Å². The van der Waals surface area contributed by atoms with E-state index < -0.39 is 11.7 Å². The van der Waals surface area contributed by atoms with E-state index in [9.17, 15) is 13.2 Å². The zero-order valence-electron chi connectivity index (χ0n) is 14.3. The summed E-state index contributed by atoms with van der Waals surface area (Å²) in [5, 5.41) is 3.66. The van der Waals surface area contributed by atoms with E-state index in [0.717, 1.165) is 44.5 Å². The molecule has 1 aromatic rings. The molecule has 2 saturated heterocycles. The summed E-state index contributed by atoms with van der Waals surface area (Å²) in [4.78, 5) is 2.32. The standard InChI is InChI=1S/C19H25F3N2O/c20-19(21,22)15-3-1-14(2-4-15)12-24-9-7-18(8-10-24)11-17(13-25-18)23-16-5-6-16/h1-4,16-17,23H,5-13H2. The highest BCUT2D eigenvalue weighted by Gasteiger charge is 2.43. The molecule has 25 heavy (non-hydrogen) atoms. The zero-order chi connectivity index (χ0) is 17.5. The topological polar surface area (TPSA) is 24.5 Å². The Balaban J connectivity index is 1.27. The Kier molecular flexibility index (Phi) is 4.54. The summed E-state index contributed by atoms with van der Waals surface area (Å²) in [6.07, 6.45) is 1.44. The average Bonchev–Trinajstić information content (AvgIpc) is 3.30. The molecular weight excluding hydrogens is 329 g/mol. The van der Waals surface area contributed by atoms with Crippen molar-refractivity contribution in [2.45, 2.75) is 62.5 Å². The first-order valence-corrected chi connectivity index (χ1v) is 9.20. The minimum atomic E-state index is -4.26. The molecule has 1 unspecified atom stereocenters. The monoisotopic (exact) mass is 354 g/mol. The van der Waals surface area contributed by atoms with E-state index in [1.54, 1.807) is 12.1 Å². The van der Waals surface area contributed by atoms with Gasteiger partial charge < -0.3 is 10.1 Å². The summed E-state index contributed by atoms with van der Waals surface area (Å²) < 4.78 is 44.1. The van der Waals surface area contributed by atoms with Gasteiger partial charge in [0.25, 0.3) is 0 Å². The number of hydrogen-bond donors (Lipinski definition) is 1. The van der Waals surface area contributed by atoms with Gasteiger partial charge in [0.05, 0.1) is 17.8 Å². The first kappa shape index (κ1) is 17.3. The normalized spacial score (nSPS) is 27.1. The molecule has 1 N–H and O–H groups in total. The summed E-state index contributed by atoms with van der Waals surface area (Å²) in [5.74, 6) is 0. The lowest BCUT2D eigenvalue weighted by atomic mass is 9.87. The lowest BCUT2D eigenvalue weighted by Gasteiger charge is -2.38. The first-order chi connectivity index (χ1) is 11.9. The molecule has 0 amide bonds. The van der Waals surface area contributed by atoms with Crippen LogP contribution in [0, 0.1) is 0 Å². The number of alkyl halides is 3. The zero-order valence-corrected chi connectivity index (χ0v) is 14.3. The summed E-state index contributed by atoms with van der Waals surface area (Å²) >= 11 is 0. The van der Waals surface area contributed by atoms with Crippen molar-refractivity contribution >= 4 is 0 Å². The number of nitrogens with zero attached hydrogens (tertiary/aromatic N) is 1. The Hall–Kier alpha value is -1.11. The van der Waals surface area contributed by atoms with Crippen molar-refractivity contribution in [3.05, 3.63) is 35.4 Å². The second kappa shape index (κ2) is 6.56. The Morgan fingerprint density at radius 3 is 2.36 bits per heavy atom. The summed E-state index contributed by atoms with van der Waals surface area (Å²) in [7, 11) is 0. The van der Waals surface area contributed by atoms with Crippen LogP contribution < -0.4 is 5.32 Å². The fraction of sp³-hybridized carbons (Fsp3) is 0.684. The van der Waals surface area contributed by atoms with Crippen LogP contribution in [0.2, 0.25) is 0 Å². The van der Waals surface area contributed by atoms with Gasteiger partial charge in [-0.25, -0.2) is 0 Å². The molecule has 0 bridgehead atoms. The van der Waals surface area contributed by atoms with Crippen LogP contribution in [0.4, 0.5) is 13.2 Å². The summed E-state index contributed by atoms with van der Waals surface area (Å²) in [6, 6.07) is 6.74. The molecule has 1 spiro atoms. The largest absolute Gasteiger partial charge is 0.416 e. The summed E-state index contributed by atoms with van der Waals surface area (Å²) in [6.45, 7) is 3.40. The third kappa shape index (κ3) is 4.18. The van der Waals surface area contributed by atoms with Crippen molar-refractivity contribution < 1.29 is 17.9 Å². The van der Waals surface area contributed by atoms with Crippen LogP contribution in [-0.2, 0) is 17.5 Å². The molecule has 138 valence electrons. The molecule has 1 saturated carbocycles. The number of rotatable bonds is 4. The van der Waals surface area contributed by atoms with E-state index in [0.29, 0.717) is 18.6 Å². The van der Waals surface area contributed by atoms with E-state index in [1.165, 1.54) is 25.0 Å². The maximum atomic E-state index is 12.6. The average molecular weight is 354 g/mol. The Morgan fingerprint density at radius 2 is 1.76 bits per heavy atom. The van der Waals surface area contributed by atoms with Crippen LogP contribution in [0.1, 0.15) is 43.2 Å². The molecule has 0 aromatic heterocycles. The number of ether oxygens (including phenoxy) is 1. The van der Waals surface area contributed by atoms with Crippen LogP contribution in [0.3, 0.4) is 0 Å². The van der Waals surface area contributed by atoms with Crippen molar-refractivity contribution in [3.63, 3.8) is 0 Å². The molecule has 0 radical (unpaired) electrons. The minimum absolute atomic E-state index is 0.0171. The molecule has 1 atom stereocenters. The van der Waals surface area contributed by atoms with Gasteiger partial charge in [0, 0.05) is 31.7 Å². The van der Waals surface area contributed by atoms with Crippen LogP contribution >= 0.6 is 0 Å². The van der Waals surface area contributed by atoms with Gasteiger partial charge in [0.2, 0.25) is 0 Å². The highest BCUT2D eigenvalue weighted by Crippen LogP contribution is 2.37. The molecule has 1 aromatic carbocycles. The van der Waals surface area contributed by atoms with E-state index in [2.05, 4.69) is 10.2 Å². The molecule has 3 aliphatic rings. The fourth-order valence-electron chi connectivity index (χ4n) is 4.06. The van der Waals surface area contributed by atoms with Gasteiger partial charge >= 0.3 is 6.18 Å². The lowest BCUT2D eigenvalue weighted by Crippen LogP contribution is -2.44. The molecule has 3 nitrogen and oxygen atoms in total. The third-order valence-corrected chi connectivity index (χ3v) is 5.71. The van der Waals surface area contributed by atoms with Gasteiger partial charge in [-0.1, -0.05) is 12.1 Å². The number of nitrogens with one attached hydrogen (secondary N) is 1. The van der Waals surface area contributed by atoms with Crippen LogP contribution in [0.15, 0.2) is 24.3 Å². The number of hydrogen-bond acceptors (Lipinski definition) is 3. The molecule has 4 rings (SSSR count). The second-order valence-electron chi connectivity index (χ2n) is 7.81. The van der Waals surface area contributed by atoms with Crippen molar-refractivity contribution in [3.8, 4) is 0 Å². The van der Waals surface area contributed by atoms with Crippen LogP contribution in [0.5, 0.6) is 0 Å². The highest BCUT2D eigenvalue weighted by atomic mass is 19.4. The quantitative estimate of drug-likeness (QED) is 0.894. The Labute approximate surface area is 146 Å². The minimum Gasteiger partial charge on any atom is -0.373 e. The Morgan fingerprint density at radius 1 is 1.08 bits per heavy atom. The molecule has 1 aliphatic carbocycles. The molecule has 6 heteroatoms. The van der Waals surface area contributed by atoms with Crippen molar-refractivity contribution in [1.29, 1.82) is 0 Å². The van der Waals surface area contributed by atoms with Gasteiger partial charge in [-0.3, -0.25) is 4.90 Å². The number of likely N-dealkylation sites (tertiary alicyclic amines) is 1. The molecular formula is C19H25F3N2O. The fourth-order valence-corrected chi connectivity index (χ4v) is 4.06. The predicted octanol–water partition coefficient (Wildman–Crippen LogP) is 3.58. The second-order valence-corrected chi connectivity index (χ2v) is 7.81. The smallest absolute Gasteiger partial charge is 0.373 e. The van der Waals surface area contributed by atoms with Gasteiger partial charge in [0.1, 0.15) is 0 Å². The third-order valence-electron chi connectivity index (χ3n) is 5.71. The number of halogens is 3. The van der Waals surface area contributed by atoms with E-state index in [4.69, 9.17) is 4.74 Å². The maximum absolute atomic E-state index is 12.6. The molecule has 2 heterocycles. The lowest BCUT2D eigenvalue weighted by molar-refractivity contribution is -0.137. The first-order valence-electron chi connectivity index (χ1n) is 9.20. The van der Waals surface area contributed by atoms with E-state index in [-0.39, 0.29) is 5.60 Å². The van der Waals surface area contributed by atoms with Gasteiger partial charge in [-0.15, -0.1) is 0 Å². The van der Waals surface area contributed by atoms with Gasteiger partial charge in [-0.05, 0) is 49.8 Å². The summed E-state index contributed by atoms with van der Waals surface area (Å²) in [5.41, 5.74) is 0.371. The van der Waals surface area contributed by atoms with Crippen molar-refractivity contribution in [1.82, 2.24) is 10.2 Å².